The molecular formula is C19H22N2OS. The first-order valence-corrected chi connectivity index (χ1v) is 9.19. The molecule has 4 heteroatoms. The first-order valence-electron chi connectivity index (χ1n) is 8.37. The number of fused-ring (bicyclic) bond motifs is 2. The Morgan fingerprint density at radius 1 is 1.26 bits per heavy atom. The third-order valence-electron chi connectivity index (χ3n) is 4.93. The molecule has 23 heavy (non-hydrogen) atoms. The van der Waals surface area contributed by atoms with Crippen molar-refractivity contribution in [3.8, 4) is 10.4 Å². The van der Waals surface area contributed by atoms with E-state index in [0.29, 0.717) is 6.04 Å². The Morgan fingerprint density at radius 2 is 2.17 bits per heavy atom. The van der Waals surface area contributed by atoms with Gasteiger partial charge in [0.15, 0.2) is 0 Å². The topological polar surface area (TPSA) is 32.3 Å². The monoisotopic (exact) mass is 326 g/mol. The van der Waals surface area contributed by atoms with Crippen molar-refractivity contribution in [1.29, 1.82) is 0 Å². The summed E-state index contributed by atoms with van der Waals surface area (Å²) in [5.74, 6) is 0.863. The zero-order chi connectivity index (χ0) is 15.8. The maximum Gasteiger partial charge on any atom is 0.261 e. The number of carbonyl (C=O) groups is 1. The van der Waals surface area contributed by atoms with E-state index in [1.54, 1.807) is 11.3 Å². The van der Waals surface area contributed by atoms with Crippen molar-refractivity contribution in [2.75, 3.05) is 19.6 Å². The Morgan fingerprint density at radius 3 is 3.00 bits per heavy atom. The fraction of sp³-hybridized carbons (Fsp3) is 0.421. The van der Waals surface area contributed by atoms with Gasteiger partial charge in [0.1, 0.15) is 0 Å². The maximum absolute atomic E-state index is 12.5. The van der Waals surface area contributed by atoms with Gasteiger partial charge in [0.25, 0.3) is 5.91 Å². The predicted molar refractivity (Wildman–Crippen MR) is 94.9 cm³/mol. The first-order chi connectivity index (χ1) is 11.2. The largest absolute Gasteiger partial charge is 0.347 e. The normalized spacial score (nSPS) is 26.2. The summed E-state index contributed by atoms with van der Waals surface area (Å²) >= 11 is 1.58. The van der Waals surface area contributed by atoms with Crippen molar-refractivity contribution in [3.63, 3.8) is 0 Å². The lowest BCUT2D eigenvalue weighted by atomic mass is 9.97. The highest BCUT2D eigenvalue weighted by Crippen LogP contribution is 2.30. The van der Waals surface area contributed by atoms with E-state index in [4.69, 9.17) is 0 Å². The minimum atomic E-state index is 0.0846. The van der Waals surface area contributed by atoms with Crippen molar-refractivity contribution in [2.24, 2.45) is 5.92 Å². The number of nitrogens with one attached hydrogen (secondary N) is 1. The highest BCUT2D eigenvalue weighted by Gasteiger charge is 2.33. The molecular weight excluding hydrogens is 304 g/mol. The third kappa shape index (κ3) is 3.19. The molecule has 4 rings (SSSR count). The van der Waals surface area contributed by atoms with E-state index < -0.39 is 0 Å². The standard InChI is InChI=1S/C19H22N2OS/c1-13-3-2-4-15(9-13)17-5-6-18(23-17)19(22)20-16-10-14-7-8-21(11-14)12-16/h2-6,9,14,16H,7-8,10-12H2,1H3,(H,20,22)/t14-,16+/m0/s1. The number of piperidine rings is 1. The quantitative estimate of drug-likeness (QED) is 0.935. The fourth-order valence-electron chi connectivity index (χ4n) is 3.83. The molecule has 120 valence electrons. The van der Waals surface area contributed by atoms with E-state index in [1.807, 2.05) is 6.07 Å². The van der Waals surface area contributed by atoms with Gasteiger partial charge < -0.3 is 10.2 Å². The molecule has 3 atom stereocenters. The van der Waals surface area contributed by atoms with Crippen LogP contribution in [-0.4, -0.2) is 36.5 Å². The summed E-state index contributed by atoms with van der Waals surface area (Å²) in [6.07, 6.45) is 2.43. The SMILES string of the molecule is Cc1cccc(-c2ccc(C(=O)N[C@@H]3C[C@@H]4CCN(C4)C3)s2)c1. The van der Waals surface area contributed by atoms with Crippen molar-refractivity contribution in [3.05, 3.63) is 46.8 Å². The van der Waals surface area contributed by atoms with Crippen molar-refractivity contribution < 1.29 is 4.79 Å². The number of carbonyl (C=O) groups excluding carboxylic acids is 1. The second kappa shape index (κ2) is 6.10. The molecule has 1 N–H and O–H groups in total. The molecule has 0 aliphatic carbocycles. The number of thiophene rings is 1. The Balaban J connectivity index is 1.45. The maximum atomic E-state index is 12.5. The van der Waals surface area contributed by atoms with Crippen LogP contribution in [0.3, 0.4) is 0 Å². The zero-order valence-corrected chi connectivity index (χ0v) is 14.2. The van der Waals surface area contributed by atoms with Crippen LogP contribution in [0.1, 0.15) is 28.1 Å². The van der Waals surface area contributed by atoms with E-state index >= 15 is 0 Å². The summed E-state index contributed by atoms with van der Waals surface area (Å²) < 4.78 is 0. The third-order valence-corrected chi connectivity index (χ3v) is 6.07. The Bertz CT molecular complexity index is 712. The van der Waals surface area contributed by atoms with E-state index in [9.17, 15) is 4.79 Å². The molecule has 3 nitrogen and oxygen atoms in total. The molecule has 1 aromatic heterocycles. The molecule has 1 amide bonds. The predicted octanol–water partition coefficient (Wildman–Crippen LogP) is 3.55. The van der Waals surface area contributed by atoms with Crippen LogP contribution in [0.4, 0.5) is 0 Å². The average Bonchev–Trinajstić information content (AvgIpc) is 3.14. The molecule has 2 saturated heterocycles. The molecule has 2 fully saturated rings. The van der Waals surface area contributed by atoms with Gasteiger partial charge in [-0.15, -0.1) is 11.3 Å². The van der Waals surface area contributed by atoms with Gasteiger partial charge in [-0.2, -0.15) is 0 Å². The van der Waals surface area contributed by atoms with E-state index in [0.717, 1.165) is 28.6 Å². The minimum Gasteiger partial charge on any atom is -0.347 e. The molecule has 1 aromatic carbocycles. The summed E-state index contributed by atoms with van der Waals surface area (Å²) in [7, 11) is 0. The zero-order valence-electron chi connectivity index (χ0n) is 13.4. The van der Waals surface area contributed by atoms with Crippen LogP contribution in [0.15, 0.2) is 36.4 Å². The van der Waals surface area contributed by atoms with E-state index in [1.165, 1.54) is 30.6 Å². The summed E-state index contributed by atoms with van der Waals surface area (Å²) in [6, 6.07) is 12.8. The van der Waals surface area contributed by atoms with Gasteiger partial charge in [-0.1, -0.05) is 29.8 Å². The van der Waals surface area contributed by atoms with Crippen LogP contribution in [0, 0.1) is 12.8 Å². The lowest BCUT2D eigenvalue weighted by Gasteiger charge is -2.30. The van der Waals surface area contributed by atoms with Crippen LogP contribution >= 0.6 is 11.3 Å². The number of hydrogen-bond acceptors (Lipinski definition) is 3. The van der Waals surface area contributed by atoms with Crippen molar-refractivity contribution in [1.82, 2.24) is 10.2 Å². The second-order valence-corrected chi connectivity index (χ2v) is 7.94. The Hall–Kier alpha value is -1.65. The van der Waals surface area contributed by atoms with Gasteiger partial charge >= 0.3 is 0 Å². The molecule has 0 saturated carbocycles. The summed E-state index contributed by atoms with van der Waals surface area (Å²) in [6.45, 7) is 5.53. The average molecular weight is 326 g/mol. The number of nitrogens with zero attached hydrogens (tertiary/aromatic N) is 1. The highest BCUT2D eigenvalue weighted by atomic mass is 32.1. The van der Waals surface area contributed by atoms with E-state index in [-0.39, 0.29) is 5.91 Å². The van der Waals surface area contributed by atoms with Gasteiger partial charge in [-0.25, -0.2) is 0 Å². The van der Waals surface area contributed by atoms with Crippen LogP contribution in [0.5, 0.6) is 0 Å². The number of amides is 1. The second-order valence-electron chi connectivity index (χ2n) is 6.85. The molecule has 2 bridgehead atoms. The van der Waals surface area contributed by atoms with Crippen molar-refractivity contribution in [2.45, 2.75) is 25.8 Å². The molecule has 0 spiro atoms. The molecule has 1 unspecified atom stereocenters. The van der Waals surface area contributed by atoms with Crippen LogP contribution in [0.25, 0.3) is 10.4 Å². The Kier molecular flexibility index (Phi) is 3.95. The van der Waals surface area contributed by atoms with Gasteiger partial charge in [-0.05, 0) is 49.9 Å². The molecule has 2 aliphatic heterocycles. The smallest absolute Gasteiger partial charge is 0.261 e. The summed E-state index contributed by atoms with van der Waals surface area (Å²) in [5.41, 5.74) is 2.43. The number of rotatable bonds is 3. The van der Waals surface area contributed by atoms with Gasteiger partial charge in [-0.3, -0.25) is 4.79 Å². The first kappa shape index (κ1) is 14.9. The molecule has 3 heterocycles. The Labute approximate surface area is 141 Å². The van der Waals surface area contributed by atoms with Gasteiger partial charge in [0, 0.05) is 24.0 Å². The van der Waals surface area contributed by atoms with Crippen molar-refractivity contribution >= 4 is 17.2 Å². The summed E-state index contributed by atoms with van der Waals surface area (Å²) in [5, 5.41) is 3.24. The van der Waals surface area contributed by atoms with Gasteiger partial charge in [0.2, 0.25) is 0 Å². The fourth-order valence-corrected chi connectivity index (χ4v) is 4.74. The van der Waals surface area contributed by atoms with Crippen LogP contribution in [-0.2, 0) is 0 Å². The minimum absolute atomic E-state index is 0.0846. The van der Waals surface area contributed by atoms with E-state index in [2.05, 4.69) is 47.5 Å². The molecule has 2 aliphatic rings. The number of hydrogen-bond donors (Lipinski definition) is 1. The summed E-state index contributed by atoms with van der Waals surface area (Å²) in [4.78, 5) is 17.0. The van der Waals surface area contributed by atoms with Gasteiger partial charge in [0.05, 0.1) is 4.88 Å². The van der Waals surface area contributed by atoms with Crippen LogP contribution in [0.2, 0.25) is 0 Å². The number of benzene rings is 1. The molecule has 2 aromatic rings. The highest BCUT2D eigenvalue weighted by molar-refractivity contribution is 7.17. The number of aryl methyl sites for hydroxylation is 1. The van der Waals surface area contributed by atoms with Crippen LogP contribution < -0.4 is 5.32 Å². The lowest BCUT2D eigenvalue weighted by Crippen LogP contribution is -2.46. The molecule has 0 radical (unpaired) electrons. The lowest BCUT2D eigenvalue weighted by molar-refractivity contribution is 0.0913.